The molecule has 7 heteroatoms. The second-order valence-electron chi connectivity index (χ2n) is 6.07. The fraction of sp³-hybridized carbons (Fsp3) is 0.786. The third-order valence-corrected chi connectivity index (χ3v) is 4.23. The molecule has 1 aliphatic heterocycles. The first-order chi connectivity index (χ1) is 10.2. The van der Waals surface area contributed by atoms with E-state index in [2.05, 4.69) is 37.6 Å². The van der Waals surface area contributed by atoms with E-state index in [0.29, 0.717) is 30.2 Å². The van der Waals surface area contributed by atoms with Crippen molar-refractivity contribution in [2.24, 2.45) is 10.9 Å². The summed E-state index contributed by atoms with van der Waals surface area (Å²) in [6.45, 7) is 6.90. The van der Waals surface area contributed by atoms with E-state index in [-0.39, 0.29) is 0 Å². The molecule has 1 saturated carbocycles. The second kappa shape index (κ2) is 6.01. The summed E-state index contributed by atoms with van der Waals surface area (Å²) in [6.07, 6.45) is 2.73. The summed E-state index contributed by atoms with van der Waals surface area (Å²) in [5, 5.41) is 10.6. The van der Waals surface area contributed by atoms with E-state index < -0.39 is 0 Å². The molecule has 1 aromatic heterocycles. The number of nitrogens with zero attached hydrogens (tertiary/aromatic N) is 4. The number of aromatic nitrogens is 2. The molecule has 2 unspecified atom stereocenters. The van der Waals surface area contributed by atoms with Crippen molar-refractivity contribution in [2.45, 2.75) is 45.3 Å². The minimum Gasteiger partial charge on any atom is -0.352 e. The van der Waals surface area contributed by atoms with Gasteiger partial charge in [-0.25, -0.2) is 0 Å². The van der Waals surface area contributed by atoms with E-state index in [1.165, 1.54) is 19.4 Å². The Labute approximate surface area is 125 Å². The van der Waals surface area contributed by atoms with Gasteiger partial charge >= 0.3 is 0 Å². The number of hydrogen-bond acceptors (Lipinski definition) is 5. The topological polar surface area (TPSA) is 78.6 Å². The van der Waals surface area contributed by atoms with Crippen LogP contribution in [-0.4, -0.2) is 53.2 Å². The zero-order chi connectivity index (χ0) is 14.8. The highest BCUT2D eigenvalue weighted by Crippen LogP contribution is 2.31. The smallest absolute Gasteiger partial charge is 0.223 e. The third-order valence-electron chi connectivity index (χ3n) is 4.23. The van der Waals surface area contributed by atoms with Gasteiger partial charge in [-0.3, -0.25) is 9.89 Å². The molecular weight excluding hydrogens is 268 g/mol. The normalized spacial score (nSPS) is 27.1. The first-order valence-electron chi connectivity index (χ1n) is 7.66. The Morgan fingerprint density at radius 2 is 2.24 bits per heavy atom. The van der Waals surface area contributed by atoms with Crippen LogP contribution >= 0.6 is 0 Å². The molecule has 7 nitrogen and oxygen atoms in total. The monoisotopic (exact) mass is 292 g/mol. The van der Waals surface area contributed by atoms with Crippen LogP contribution in [0.15, 0.2) is 9.52 Å². The van der Waals surface area contributed by atoms with Crippen LogP contribution < -0.4 is 10.6 Å². The van der Waals surface area contributed by atoms with Crippen molar-refractivity contribution in [3.8, 4) is 0 Å². The Morgan fingerprint density at radius 3 is 2.86 bits per heavy atom. The molecule has 2 fully saturated rings. The van der Waals surface area contributed by atoms with Crippen molar-refractivity contribution in [3.63, 3.8) is 0 Å². The molecule has 2 atom stereocenters. The standard InChI is InChI=1S/C14H24N6O/c1-9-7-20(11-4-5-11)8-12(9)18-14(15-3)16-6-13-17-10(2)21-19-13/h9,11-12H,4-8H2,1-3H3,(H2,15,16,18). The lowest BCUT2D eigenvalue weighted by Crippen LogP contribution is -2.46. The third kappa shape index (κ3) is 3.53. The van der Waals surface area contributed by atoms with Gasteiger partial charge in [-0.05, 0) is 18.8 Å². The highest BCUT2D eigenvalue weighted by atomic mass is 16.5. The molecular formula is C14H24N6O. The van der Waals surface area contributed by atoms with Gasteiger partial charge in [0.05, 0.1) is 6.54 Å². The predicted octanol–water partition coefficient (Wildman–Crippen LogP) is 0.526. The average Bonchev–Trinajstić information content (AvgIpc) is 3.14. The number of likely N-dealkylation sites (tertiary alicyclic amines) is 1. The Bertz CT molecular complexity index is 509. The van der Waals surface area contributed by atoms with E-state index in [0.717, 1.165) is 18.5 Å². The van der Waals surface area contributed by atoms with Crippen molar-refractivity contribution in [3.05, 3.63) is 11.7 Å². The van der Waals surface area contributed by atoms with Crippen molar-refractivity contribution < 1.29 is 4.52 Å². The number of aliphatic imine (C=N–C) groups is 1. The van der Waals surface area contributed by atoms with Gasteiger partial charge in [0.15, 0.2) is 11.8 Å². The number of aryl methyl sites for hydroxylation is 1. The van der Waals surface area contributed by atoms with Crippen molar-refractivity contribution >= 4 is 5.96 Å². The lowest BCUT2D eigenvalue weighted by atomic mass is 10.1. The highest BCUT2D eigenvalue weighted by molar-refractivity contribution is 5.79. The van der Waals surface area contributed by atoms with Crippen LogP contribution in [0, 0.1) is 12.8 Å². The van der Waals surface area contributed by atoms with Crippen LogP contribution in [0.2, 0.25) is 0 Å². The molecule has 2 heterocycles. The number of rotatable bonds is 4. The number of guanidine groups is 1. The maximum Gasteiger partial charge on any atom is 0.223 e. The van der Waals surface area contributed by atoms with Crippen LogP contribution in [-0.2, 0) is 6.54 Å². The lowest BCUT2D eigenvalue weighted by Gasteiger charge is -2.20. The van der Waals surface area contributed by atoms with Gasteiger partial charge in [-0.2, -0.15) is 4.98 Å². The molecule has 0 bridgehead atoms. The van der Waals surface area contributed by atoms with Crippen molar-refractivity contribution in [1.29, 1.82) is 0 Å². The summed E-state index contributed by atoms with van der Waals surface area (Å²) in [7, 11) is 1.79. The number of hydrogen-bond donors (Lipinski definition) is 2. The summed E-state index contributed by atoms with van der Waals surface area (Å²) in [5.74, 6) is 2.66. The molecule has 0 amide bonds. The Balaban J connectivity index is 1.50. The van der Waals surface area contributed by atoms with Gasteiger partial charge in [0.2, 0.25) is 5.89 Å². The first kappa shape index (κ1) is 14.3. The molecule has 3 rings (SSSR count). The SMILES string of the molecule is CN=C(NCc1noc(C)n1)NC1CN(C2CC2)CC1C. The van der Waals surface area contributed by atoms with E-state index in [1.807, 2.05) is 0 Å². The van der Waals surface area contributed by atoms with E-state index in [4.69, 9.17) is 4.52 Å². The Kier molecular flexibility index (Phi) is 4.10. The molecule has 0 aromatic carbocycles. The van der Waals surface area contributed by atoms with Crippen LogP contribution in [0.1, 0.15) is 31.5 Å². The van der Waals surface area contributed by atoms with Gasteiger partial charge in [-0.15, -0.1) is 0 Å². The van der Waals surface area contributed by atoms with Gasteiger partial charge in [-0.1, -0.05) is 12.1 Å². The molecule has 21 heavy (non-hydrogen) atoms. The molecule has 2 N–H and O–H groups in total. The summed E-state index contributed by atoms with van der Waals surface area (Å²) < 4.78 is 4.96. The molecule has 0 radical (unpaired) electrons. The largest absolute Gasteiger partial charge is 0.352 e. The molecule has 1 saturated heterocycles. The summed E-state index contributed by atoms with van der Waals surface area (Å²) in [6, 6.07) is 1.28. The van der Waals surface area contributed by atoms with Crippen LogP contribution in [0.3, 0.4) is 0 Å². The van der Waals surface area contributed by atoms with Gasteiger partial charge in [0.25, 0.3) is 0 Å². The molecule has 116 valence electrons. The maximum absolute atomic E-state index is 4.96. The van der Waals surface area contributed by atoms with Gasteiger partial charge < -0.3 is 15.2 Å². The predicted molar refractivity (Wildman–Crippen MR) is 79.9 cm³/mol. The van der Waals surface area contributed by atoms with Gasteiger partial charge in [0, 0.05) is 39.1 Å². The molecule has 1 aliphatic carbocycles. The van der Waals surface area contributed by atoms with Crippen LogP contribution in [0.25, 0.3) is 0 Å². The van der Waals surface area contributed by atoms with Gasteiger partial charge in [0.1, 0.15) is 0 Å². The summed E-state index contributed by atoms with van der Waals surface area (Å²) >= 11 is 0. The quantitative estimate of drug-likeness (QED) is 0.622. The van der Waals surface area contributed by atoms with Crippen molar-refractivity contribution in [2.75, 3.05) is 20.1 Å². The zero-order valence-electron chi connectivity index (χ0n) is 13.0. The molecule has 1 aromatic rings. The second-order valence-corrected chi connectivity index (χ2v) is 6.07. The minimum absolute atomic E-state index is 0.448. The highest BCUT2D eigenvalue weighted by Gasteiger charge is 2.38. The van der Waals surface area contributed by atoms with E-state index in [9.17, 15) is 0 Å². The number of nitrogens with one attached hydrogen (secondary N) is 2. The van der Waals surface area contributed by atoms with Crippen LogP contribution in [0.5, 0.6) is 0 Å². The van der Waals surface area contributed by atoms with Crippen molar-refractivity contribution in [1.82, 2.24) is 25.7 Å². The van der Waals surface area contributed by atoms with Crippen LogP contribution in [0.4, 0.5) is 0 Å². The summed E-state index contributed by atoms with van der Waals surface area (Å²) in [4.78, 5) is 11.1. The fourth-order valence-electron chi connectivity index (χ4n) is 2.88. The maximum atomic E-state index is 4.96. The van der Waals surface area contributed by atoms with E-state index >= 15 is 0 Å². The Morgan fingerprint density at radius 1 is 1.43 bits per heavy atom. The first-order valence-corrected chi connectivity index (χ1v) is 7.66. The fourth-order valence-corrected chi connectivity index (χ4v) is 2.88. The molecule has 2 aliphatic rings. The average molecular weight is 292 g/mol. The molecule has 0 spiro atoms. The Hall–Kier alpha value is -1.63. The van der Waals surface area contributed by atoms with E-state index in [1.54, 1.807) is 14.0 Å². The minimum atomic E-state index is 0.448. The lowest BCUT2D eigenvalue weighted by molar-refractivity contribution is 0.315. The summed E-state index contributed by atoms with van der Waals surface area (Å²) in [5.41, 5.74) is 0. The zero-order valence-corrected chi connectivity index (χ0v) is 13.0.